The first-order chi connectivity index (χ1) is 14.4. The molecule has 1 amide bonds. The molecule has 31 heavy (non-hydrogen) atoms. The van der Waals surface area contributed by atoms with E-state index >= 15 is 0 Å². The maximum absolute atomic E-state index is 13.6. The highest BCUT2D eigenvalue weighted by Crippen LogP contribution is 2.54. The Balaban J connectivity index is 1.96. The van der Waals surface area contributed by atoms with Crippen molar-refractivity contribution in [3.05, 3.63) is 52.0 Å². The van der Waals surface area contributed by atoms with E-state index in [1.54, 1.807) is 19.0 Å². The molecule has 1 aromatic carbocycles. The number of primary amides is 1. The molecular formula is C22H24N2O7. The first-order valence-corrected chi connectivity index (χ1v) is 9.87. The van der Waals surface area contributed by atoms with Gasteiger partial charge in [0.05, 0.1) is 23.1 Å². The van der Waals surface area contributed by atoms with Gasteiger partial charge in [-0.25, -0.2) is 0 Å². The number of nitrogens with zero attached hydrogens (tertiary/aromatic N) is 1. The average Bonchev–Trinajstić information content (AvgIpc) is 2.65. The van der Waals surface area contributed by atoms with Gasteiger partial charge < -0.3 is 26.2 Å². The molecular weight excluding hydrogens is 404 g/mol. The minimum Gasteiger partial charge on any atom is -0.510 e. The highest BCUT2D eigenvalue weighted by atomic mass is 16.3. The van der Waals surface area contributed by atoms with Crippen molar-refractivity contribution in [1.82, 2.24) is 4.90 Å². The summed E-state index contributed by atoms with van der Waals surface area (Å²) >= 11 is 0. The number of rotatable bonds is 2. The highest BCUT2D eigenvalue weighted by Gasteiger charge is 2.59. The number of nitrogens with two attached hydrogens (primary N) is 1. The minimum absolute atomic E-state index is 0.0720. The molecule has 1 fully saturated rings. The fourth-order valence-electron chi connectivity index (χ4n) is 5.51. The van der Waals surface area contributed by atoms with E-state index in [0.717, 1.165) is 0 Å². The van der Waals surface area contributed by atoms with Gasteiger partial charge in [-0.2, -0.15) is 0 Å². The van der Waals surface area contributed by atoms with Crippen molar-refractivity contribution < 1.29 is 34.8 Å². The van der Waals surface area contributed by atoms with Crippen molar-refractivity contribution in [3.8, 4) is 5.75 Å². The summed E-state index contributed by atoms with van der Waals surface area (Å²) in [5, 5.41) is 43.1. The Morgan fingerprint density at radius 1 is 1.16 bits per heavy atom. The minimum atomic E-state index is -1.64. The SMILES string of the molecule is CN(C)[C@@H]1C(O)=C(C(N)=O)C(O)=C2C(=O)[C@H]3C(=O)c4c(O)cccc4[C@@](C)(O)[C@@H]3C[C@H]21. The van der Waals surface area contributed by atoms with Crippen LogP contribution in [-0.2, 0) is 15.2 Å². The van der Waals surface area contributed by atoms with E-state index in [-0.39, 0.29) is 28.9 Å². The number of benzene rings is 1. The molecule has 0 heterocycles. The van der Waals surface area contributed by atoms with Crippen LogP contribution in [0.1, 0.15) is 29.3 Å². The van der Waals surface area contributed by atoms with Gasteiger partial charge in [-0.15, -0.1) is 0 Å². The molecule has 5 atom stereocenters. The highest BCUT2D eigenvalue weighted by molar-refractivity contribution is 6.20. The van der Waals surface area contributed by atoms with Gasteiger partial charge in [0, 0.05) is 17.4 Å². The standard InChI is InChI=1S/C22H24N2O7/c1-22(31)9-5-4-6-11(25)13(9)19(28)14-10(22)7-8-12(17(14)26)18(27)15(21(23)30)20(29)16(8)24(2)3/h4-6,8,10,14,16,25,27,29,31H,7H2,1-3H3,(H2,23,30)/t8-,10-,14+,16+,22-/m1/s1. The number of aliphatic hydroxyl groups excluding tert-OH is 2. The molecule has 0 radical (unpaired) electrons. The molecule has 0 unspecified atom stereocenters. The monoisotopic (exact) mass is 428 g/mol. The Bertz CT molecular complexity index is 1100. The van der Waals surface area contributed by atoms with Gasteiger partial charge >= 0.3 is 0 Å². The Morgan fingerprint density at radius 2 is 1.81 bits per heavy atom. The van der Waals surface area contributed by atoms with Crippen LogP contribution in [0.3, 0.4) is 0 Å². The molecule has 6 N–H and O–H groups in total. The maximum atomic E-state index is 13.6. The van der Waals surface area contributed by atoms with Crippen molar-refractivity contribution in [2.24, 2.45) is 23.5 Å². The van der Waals surface area contributed by atoms with Crippen molar-refractivity contribution in [3.63, 3.8) is 0 Å². The Labute approximate surface area is 178 Å². The van der Waals surface area contributed by atoms with Crippen LogP contribution in [0, 0.1) is 17.8 Å². The molecule has 164 valence electrons. The molecule has 1 aromatic rings. The van der Waals surface area contributed by atoms with Gasteiger partial charge in [-0.3, -0.25) is 19.3 Å². The van der Waals surface area contributed by atoms with Gasteiger partial charge in [0.15, 0.2) is 11.6 Å². The van der Waals surface area contributed by atoms with Gasteiger partial charge in [0.25, 0.3) is 5.91 Å². The van der Waals surface area contributed by atoms with Crippen molar-refractivity contribution in [1.29, 1.82) is 0 Å². The number of hydrogen-bond acceptors (Lipinski definition) is 8. The van der Waals surface area contributed by atoms with Crippen LogP contribution >= 0.6 is 0 Å². The molecule has 0 aliphatic heterocycles. The lowest BCUT2D eigenvalue weighted by Crippen LogP contribution is -2.57. The van der Waals surface area contributed by atoms with E-state index in [9.17, 15) is 34.8 Å². The zero-order chi connectivity index (χ0) is 23.0. The molecule has 3 aliphatic rings. The third-order valence-corrected chi connectivity index (χ3v) is 6.88. The molecule has 9 heteroatoms. The number of aliphatic hydroxyl groups is 3. The number of fused-ring (bicyclic) bond motifs is 3. The Morgan fingerprint density at radius 3 is 2.39 bits per heavy atom. The Kier molecular flexibility index (Phi) is 4.53. The summed E-state index contributed by atoms with van der Waals surface area (Å²) in [7, 11) is 3.26. The third-order valence-electron chi connectivity index (χ3n) is 6.88. The Hall–Kier alpha value is -3.17. The number of ketones is 2. The molecule has 4 rings (SSSR count). The first-order valence-electron chi connectivity index (χ1n) is 9.87. The van der Waals surface area contributed by atoms with Gasteiger partial charge in [-0.05, 0) is 39.1 Å². The van der Waals surface area contributed by atoms with Crippen LogP contribution < -0.4 is 5.73 Å². The second-order valence-corrected chi connectivity index (χ2v) is 8.80. The molecule has 1 saturated carbocycles. The number of phenolic OH excluding ortho intramolecular Hbond substituents is 1. The number of likely N-dealkylation sites (N-methyl/N-ethyl adjacent to an activating group) is 1. The number of carbonyl (C=O) groups is 3. The lowest BCUT2D eigenvalue weighted by atomic mass is 9.55. The van der Waals surface area contributed by atoms with E-state index < -0.39 is 64.0 Å². The van der Waals surface area contributed by atoms with Crippen LogP contribution in [0.15, 0.2) is 40.9 Å². The summed E-state index contributed by atoms with van der Waals surface area (Å²) in [5.41, 5.74) is 3.06. The third kappa shape index (κ3) is 2.66. The largest absolute Gasteiger partial charge is 0.510 e. The average molecular weight is 428 g/mol. The summed E-state index contributed by atoms with van der Waals surface area (Å²) in [6.07, 6.45) is 0.0720. The number of hydrogen-bond donors (Lipinski definition) is 5. The van der Waals surface area contributed by atoms with E-state index in [1.807, 2.05) is 0 Å². The fourth-order valence-corrected chi connectivity index (χ4v) is 5.51. The summed E-state index contributed by atoms with van der Waals surface area (Å²) < 4.78 is 0. The lowest BCUT2D eigenvalue weighted by molar-refractivity contribution is -0.130. The van der Waals surface area contributed by atoms with Crippen LogP contribution in [0.25, 0.3) is 0 Å². The van der Waals surface area contributed by atoms with Gasteiger partial charge in [0.2, 0.25) is 0 Å². The number of carbonyl (C=O) groups excluding carboxylic acids is 3. The second-order valence-electron chi connectivity index (χ2n) is 8.80. The molecule has 9 nitrogen and oxygen atoms in total. The van der Waals surface area contributed by atoms with Crippen LogP contribution in [0.4, 0.5) is 0 Å². The first kappa shape index (κ1) is 21.1. The maximum Gasteiger partial charge on any atom is 0.255 e. The number of amides is 1. The molecule has 0 spiro atoms. The molecule has 0 saturated heterocycles. The van der Waals surface area contributed by atoms with Crippen LogP contribution in [0.5, 0.6) is 5.75 Å². The summed E-state index contributed by atoms with van der Waals surface area (Å²) in [5.74, 6) is -7.08. The van der Waals surface area contributed by atoms with Crippen molar-refractivity contribution >= 4 is 17.5 Å². The van der Waals surface area contributed by atoms with Crippen molar-refractivity contribution in [2.75, 3.05) is 14.1 Å². The summed E-state index contributed by atoms with van der Waals surface area (Å²) in [6.45, 7) is 1.48. The predicted octanol–water partition coefficient (Wildman–Crippen LogP) is 0.671. The molecule has 0 aromatic heterocycles. The van der Waals surface area contributed by atoms with E-state index in [2.05, 4.69) is 0 Å². The summed E-state index contributed by atoms with van der Waals surface area (Å²) in [4.78, 5) is 40.4. The topological polar surface area (TPSA) is 161 Å². The zero-order valence-corrected chi connectivity index (χ0v) is 17.3. The van der Waals surface area contributed by atoms with Crippen LogP contribution in [-0.4, -0.2) is 62.9 Å². The van der Waals surface area contributed by atoms with Crippen molar-refractivity contribution in [2.45, 2.75) is 25.0 Å². The quantitative estimate of drug-likeness (QED) is 0.429. The summed E-state index contributed by atoms with van der Waals surface area (Å²) in [6, 6.07) is 3.47. The molecule has 0 bridgehead atoms. The number of phenols is 1. The number of aromatic hydroxyl groups is 1. The molecule has 3 aliphatic carbocycles. The predicted molar refractivity (Wildman–Crippen MR) is 108 cm³/mol. The van der Waals surface area contributed by atoms with E-state index in [0.29, 0.717) is 0 Å². The fraction of sp³-hybridized carbons (Fsp3) is 0.409. The smallest absolute Gasteiger partial charge is 0.255 e. The van der Waals surface area contributed by atoms with E-state index in [4.69, 9.17) is 5.73 Å². The normalized spacial score (nSPS) is 32.7. The van der Waals surface area contributed by atoms with Crippen LogP contribution in [0.2, 0.25) is 0 Å². The van der Waals surface area contributed by atoms with Gasteiger partial charge in [0.1, 0.15) is 22.8 Å². The zero-order valence-electron chi connectivity index (χ0n) is 17.3. The van der Waals surface area contributed by atoms with Gasteiger partial charge in [-0.1, -0.05) is 12.1 Å². The second kappa shape index (κ2) is 6.66. The van der Waals surface area contributed by atoms with E-state index in [1.165, 1.54) is 25.1 Å². The lowest BCUT2D eigenvalue weighted by Gasteiger charge is -2.50. The number of Topliss-reactive ketones (excluding diaryl/α,β-unsaturated/α-hetero) is 2.